The molecule has 5 nitrogen and oxygen atoms in total. The third-order valence-electron chi connectivity index (χ3n) is 4.34. The van der Waals surface area contributed by atoms with Gasteiger partial charge < -0.3 is 15.5 Å². The molecule has 1 saturated heterocycles. The van der Waals surface area contributed by atoms with E-state index in [-0.39, 0.29) is 5.91 Å². The summed E-state index contributed by atoms with van der Waals surface area (Å²) in [5.74, 6) is 0.240. The third kappa shape index (κ3) is 5.38. The standard InChI is InChI=1S/C15H32N4O/c1-4-19(5-2)14-7-11-18(13-14)12-8-15(20)17(3)10-6-9-16/h14H,4-13,16H2,1-3H3. The minimum atomic E-state index is 0.240. The number of amides is 1. The van der Waals surface area contributed by atoms with Crippen LogP contribution in [0.4, 0.5) is 0 Å². The van der Waals surface area contributed by atoms with Gasteiger partial charge in [0.05, 0.1) is 0 Å². The lowest BCUT2D eigenvalue weighted by Gasteiger charge is -2.26. The first-order chi connectivity index (χ1) is 9.62. The van der Waals surface area contributed by atoms with Crippen LogP contribution in [0.25, 0.3) is 0 Å². The molecule has 0 bridgehead atoms. The first kappa shape index (κ1) is 17.4. The summed E-state index contributed by atoms with van der Waals surface area (Å²) in [6.07, 6.45) is 2.75. The molecule has 0 saturated carbocycles. The van der Waals surface area contributed by atoms with E-state index in [4.69, 9.17) is 5.73 Å². The molecule has 0 aromatic heterocycles. The topological polar surface area (TPSA) is 52.8 Å². The lowest BCUT2D eigenvalue weighted by molar-refractivity contribution is -0.130. The fourth-order valence-electron chi connectivity index (χ4n) is 2.95. The normalized spacial score (nSPS) is 19.8. The second kappa shape index (κ2) is 9.32. The molecule has 1 heterocycles. The van der Waals surface area contributed by atoms with Crippen molar-refractivity contribution in [2.45, 2.75) is 39.2 Å². The van der Waals surface area contributed by atoms with Crippen LogP contribution in [0, 0.1) is 0 Å². The predicted molar refractivity (Wildman–Crippen MR) is 83.7 cm³/mol. The summed E-state index contributed by atoms with van der Waals surface area (Å²) in [5, 5.41) is 0. The molecule has 0 aromatic carbocycles. The van der Waals surface area contributed by atoms with Crippen LogP contribution < -0.4 is 5.73 Å². The van der Waals surface area contributed by atoms with Crippen LogP contribution in [0.1, 0.15) is 33.1 Å². The summed E-state index contributed by atoms with van der Waals surface area (Å²) in [6, 6.07) is 0.676. The SMILES string of the molecule is CCN(CC)C1CCN(CCC(=O)N(C)CCCN)C1. The van der Waals surface area contributed by atoms with Gasteiger partial charge in [-0.25, -0.2) is 0 Å². The van der Waals surface area contributed by atoms with E-state index in [0.717, 1.165) is 45.7 Å². The van der Waals surface area contributed by atoms with Gasteiger partial charge in [0.15, 0.2) is 0 Å². The van der Waals surface area contributed by atoms with Crippen molar-refractivity contribution in [1.82, 2.24) is 14.7 Å². The number of rotatable bonds is 9. The lowest BCUT2D eigenvalue weighted by Crippen LogP contribution is -2.38. The van der Waals surface area contributed by atoms with Crippen LogP contribution in [0.15, 0.2) is 0 Å². The highest BCUT2D eigenvalue weighted by atomic mass is 16.2. The van der Waals surface area contributed by atoms with Crippen molar-refractivity contribution in [3.8, 4) is 0 Å². The zero-order valence-corrected chi connectivity index (χ0v) is 13.5. The van der Waals surface area contributed by atoms with E-state index in [1.165, 1.54) is 6.42 Å². The average molecular weight is 284 g/mol. The Morgan fingerprint density at radius 1 is 1.35 bits per heavy atom. The molecule has 20 heavy (non-hydrogen) atoms. The molecule has 1 rings (SSSR count). The maximum Gasteiger partial charge on any atom is 0.223 e. The van der Waals surface area contributed by atoms with Crippen molar-refractivity contribution < 1.29 is 4.79 Å². The van der Waals surface area contributed by atoms with Crippen LogP contribution in [-0.4, -0.2) is 79.5 Å². The molecule has 0 aromatic rings. The highest BCUT2D eigenvalue weighted by Crippen LogP contribution is 2.15. The maximum absolute atomic E-state index is 12.0. The second-order valence-corrected chi connectivity index (χ2v) is 5.67. The van der Waals surface area contributed by atoms with Crippen LogP contribution in [0.3, 0.4) is 0 Å². The van der Waals surface area contributed by atoms with Crippen molar-refractivity contribution in [1.29, 1.82) is 0 Å². The van der Waals surface area contributed by atoms with Crippen molar-refractivity contribution in [3.05, 3.63) is 0 Å². The zero-order valence-electron chi connectivity index (χ0n) is 13.5. The molecule has 1 atom stereocenters. The minimum absolute atomic E-state index is 0.240. The quantitative estimate of drug-likeness (QED) is 0.674. The fourth-order valence-corrected chi connectivity index (χ4v) is 2.95. The Balaban J connectivity index is 2.25. The van der Waals surface area contributed by atoms with Crippen molar-refractivity contribution in [2.75, 3.05) is 52.9 Å². The summed E-state index contributed by atoms with van der Waals surface area (Å²) < 4.78 is 0. The Hall–Kier alpha value is -0.650. The van der Waals surface area contributed by atoms with E-state index in [1.54, 1.807) is 0 Å². The first-order valence-corrected chi connectivity index (χ1v) is 8.02. The first-order valence-electron chi connectivity index (χ1n) is 8.02. The van der Waals surface area contributed by atoms with Gasteiger partial charge in [-0.15, -0.1) is 0 Å². The second-order valence-electron chi connectivity index (χ2n) is 5.67. The number of carbonyl (C=O) groups is 1. The van der Waals surface area contributed by atoms with Gasteiger partial charge in [-0.3, -0.25) is 9.69 Å². The zero-order chi connectivity index (χ0) is 15.0. The van der Waals surface area contributed by atoms with Crippen LogP contribution in [0.2, 0.25) is 0 Å². The van der Waals surface area contributed by atoms with Gasteiger partial charge in [0.25, 0.3) is 0 Å². The van der Waals surface area contributed by atoms with Gasteiger partial charge >= 0.3 is 0 Å². The molecule has 118 valence electrons. The largest absolute Gasteiger partial charge is 0.346 e. The number of hydrogen-bond acceptors (Lipinski definition) is 4. The van der Waals surface area contributed by atoms with E-state index >= 15 is 0 Å². The summed E-state index contributed by atoms with van der Waals surface area (Å²) in [5.41, 5.74) is 5.47. The molecule has 1 aliphatic rings. The fraction of sp³-hybridized carbons (Fsp3) is 0.933. The molecule has 1 amide bonds. The Morgan fingerprint density at radius 3 is 2.65 bits per heavy atom. The van der Waals surface area contributed by atoms with E-state index < -0.39 is 0 Å². The number of carbonyl (C=O) groups excluding carboxylic acids is 1. The number of hydrogen-bond donors (Lipinski definition) is 1. The van der Waals surface area contributed by atoms with E-state index in [1.807, 2.05) is 11.9 Å². The van der Waals surface area contributed by atoms with E-state index in [0.29, 0.717) is 19.0 Å². The number of likely N-dealkylation sites (tertiary alicyclic amines) is 1. The van der Waals surface area contributed by atoms with Gasteiger partial charge in [-0.2, -0.15) is 0 Å². The summed E-state index contributed by atoms with van der Waals surface area (Å²) in [7, 11) is 1.88. The maximum atomic E-state index is 12.0. The van der Waals surface area contributed by atoms with Crippen molar-refractivity contribution >= 4 is 5.91 Å². The summed E-state index contributed by atoms with van der Waals surface area (Å²) in [4.78, 5) is 18.7. The number of likely N-dealkylation sites (N-methyl/N-ethyl adjacent to an activating group) is 1. The van der Waals surface area contributed by atoms with Gasteiger partial charge in [0, 0.05) is 39.1 Å². The Labute approximate surface area is 124 Å². The molecule has 1 fully saturated rings. The van der Waals surface area contributed by atoms with Crippen LogP contribution in [0.5, 0.6) is 0 Å². The summed E-state index contributed by atoms with van der Waals surface area (Å²) in [6.45, 7) is 11.2. The molecule has 2 N–H and O–H groups in total. The Morgan fingerprint density at radius 2 is 2.05 bits per heavy atom. The highest BCUT2D eigenvalue weighted by Gasteiger charge is 2.26. The third-order valence-corrected chi connectivity index (χ3v) is 4.34. The monoisotopic (exact) mass is 284 g/mol. The Kier molecular flexibility index (Phi) is 8.11. The van der Waals surface area contributed by atoms with Gasteiger partial charge in [-0.1, -0.05) is 13.8 Å². The minimum Gasteiger partial charge on any atom is -0.346 e. The molecular weight excluding hydrogens is 252 g/mol. The predicted octanol–water partition coefficient (Wildman–Crippen LogP) is 0.600. The van der Waals surface area contributed by atoms with Gasteiger partial charge in [0.2, 0.25) is 5.91 Å². The average Bonchev–Trinajstić information content (AvgIpc) is 2.92. The molecule has 1 unspecified atom stereocenters. The molecular formula is C15H32N4O. The van der Waals surface area contributed by atoms with Gasteiger partial charge in [0.1, 0.15) is 0 Å². The van der Waals surface area contributed by atoms with Gasteiger partial charge in [-0.05, 0) is 39.0 Å². The summed E-state index contributed by atoms with van der Waals surface area (Å²) >= 11 is 0. The van der Waals surface area contributed by atoms with E-state index in [2.05, 4.69) is 23.6 Å². The smallest absolute Gasteiger partial charge is 0.223 e. The molecule has 0 radical (unpaired) electrons. The van der Waals surface area contributed by atoms with Crippen molar-refractivity contribution in [3.63, 3.8) is 0 Å². The van der Waals surface area contributed by atoms with Crippen LogP contribution >= 0.6 is 0 Å². The Bertz CT molecular complexity index is 281. The lowest BCUT2D eigenvalue weighted by atomic mass is 10.2. The molecule has 0 spiro atoms. The molecule has 1 aliphatic heterocycles. The van der Waals surface area contributed by atoms with Crippen LogP contribution in [-0.2, 0) is 4.79 Å². The number of nitrogens with two attached hydrogens (primary N) is 1. The van der Waals surface area contributed by atoms with Crippen molar-refractivity contribution in [2.24, 2.45) is 5.73 Å². The molecule has 0 aliphatic carbocycles. The molecule has 5 heteroatoms. The number of nitrogens with zero attached hydrogens (tertiary/aromatic N) is 3. The van der Waals surface area contributed by atoms with E-state index in [9.17, 15) is 4.79 Å². The highest BCUT2D eigenvalue weighted by molar-refractivity contribution is 5.76.